The highest BCUT2D eigenvalue weighted by atomic mass is 16.5. The molecule has 0 spiro atoms. The Bertz CT molecular complexity index is 826. The molecule has 0 saturated heterocycles. The maximum Gasteiger partial charge on any atom is 0.327 e. The number of carbonyl (C=O) groups is 1. The van der Waals surface area contributed by atoms with Crippen LogP contribution in [0, 0.1) is 6.92 Å². The monoisotopic (exact) mass is 309 g/mol. The topological polar surface area (TPSA) is 67.0 Å². The first-order chi connectivity index (χ1) is 11.2. The van der Waals surface area contributed by atoms with Gasteiger partial charge in [-0.25, -0.2) is 4.79 Å². The molecular formula is C18H19N3O2. The first kappa shape index (κ1) is 15.2. The Kier molecular flexibility index (Phi) is 4.39. The van der Waals surface area contributed by atoms with Crippen molar-refractivity contribution in [3.8, 4) is 0 Å². The lowest BCUT2D eigenvalue weighted by Gasteiger charge is -2.17. The van der Waals surface area contributed by atoms with E-state index in [1.165, 1.54) is 7.11 Å². The van der Waals surface area contributed by atoms with Crippen molar-refractivity contribution in [3.05, 3.63) is 65.5 Å². The summed E-state index contributed by atoms with van der Waals surface area (Å²) in [5, 5.41) is 12.4. The molecular weight excluding hydrogens is 290 g/mol. The molecule has 5 nitrogen and oxygen atoms in total. The minimum atomic E-state index is -0.515. The standard InChI is InChI=1S/C18H19N3O2/c1-12-16(11-20-21-12)10-19-17(18(22)23-2)15-8-7-13-5-3-4-6-14(13)9-15/h3-9,11,17,19H,10H2,1-2H3,(H,20,21)/t17-/m1/s1. The van der Waals surface area contributed by atoms with Gasteiger partial charge in [0, 0.05) is 17.8 Å². The minimum Gasteiger partial charge on any atom is -0.468 e. The quantitative estimate of drug-likeness (QED) is 0.711. The number of esters is 1. The maximum atomic E-state index is 12.2. The van der Waals surface area contributed by atoms with Gasteiger partial charge in [-0.1, -0.05) is 36.4 Å². The number of aryl methyl sites for hydroxylation is 1. The van der Waals surface area contributed by atoms with Gasteiger partial charge in [-0.2, -0.15) is 5.10 Å². The lowest BCUT2D eigenvalue weighted by Crippen LogP contribution is -2.29. The van der Waals surface area contributed by atoms with Crippen LogP contribution in [0.1, 0.15) is 22.9 Å². The summed E-state index contributed by atoms with van der Waals surface area (Å²) in [5.74, 6) is -0.304. The number of methoxy groups -OCH3 is 1. The number of ether oxygens (including phenoxy) is 1. The molecule has 0 unspecified atom stereocenters. The second-order valence-electron chi connectivity index (χ2n) is 5.46. The van der Waals surface area contributed by atoms with Crippen LogP contribution in [0.25, 0.3) is 10.8 Å². The van der Waals surface area contributed by atoms with Crippen molar-refractivity contribution in [2.24, 2.45) is 0 Å². The lowest BCUT2D eigenvalue weighted by atomic mass is 10.0. The summed E-state index contributed by atoms with van der Waals surface area (Å²) >= 11 is 0. The Hall–Kier alpha value is -2.66. The van der Waals surface area contributed by atoms with Crippen LogP contribution in [-0.2, 0) is 16.1 Å². The van der Waals surface area contributed by atoms with Gasteiger partial charge in [0.25, 0.3) is 0 Å². The van der Waals surface area contributed by atoms with Crippen LogP contribution in [-0.4, -0.2) is 23.3 Å². The van der Waals surface area contributed by atoms with Crippen molar-refractivity contribution >= 4 is 16.7 Å². The molecule has 0 aliphatic heterocycles. The van der Waals surface area contributed by atoms with E-state index in [1.807, 2.05) is 43.3 Å². The third-order valence-corrected chi connectivity index (χ3v) is 3.97. The third kappa shape index (κ3) is 3.24. The molecule has 0 fully saturated rings. The molecule has 0 saturated carbocycles. The molecule has 2 N–H and O–H groups in total. The van der Waals surface area contributed by atoms with E-state index in [9.17, 15) is 4.79 Å². The summed E-state index contributed by atoms with van der Waals surface area (Å²) in [6.45, 7) is 2.49. The van der Waals surface area contributed by atoms with Crippen molar-refractivity contribution < 1.29 is 9.53 Å². The number of aromatic amines is 1. The van der Waals surface area contributed by atoms with Gasteiger partial charge in [0.2, 0.25) is 0 Å². The zero-order valence-electron chi connectivity index (χ0n) is 13.2. The molecule has 0 aliphatic carbocycles. The number of nitrogens with one attached hydrogen (secondary N) is 2. The van der Waals surface area contributed by atoms with Crippen LogP contribution in [0.2, 0.25) is 0 Å². The first-order valence-corrected chi connectivity index (χ1v) is 7.48. The van der Waals surface area contributed by atoms with Gasteiger partial charge in [0.15, 0.2) is 0 Å². The average molecular weight is 309 g/mol. The van der Waals surface area contributed by atoms with Gasteiger partial charge in [-0.05, 0) is 29.3 Å². The normalized spacial score (nSPS) is 12.3. The maximum absolute atomic E-state index is 12.2. The molecule has 2 aromatic carbocycles. The van der Waals surface area contributed by atoms with Crippen LogP contribution in [0.4, 0.5) is 0 Å². The summed E-state index contributed by atoms with van der Waals surface area (Å²) in [4.78, 5) is 12.2. The summed E-state index contributed by atoms with van der Waals surface area (Å²) in [6, 6.07) is 13.6. The van der Waals surface area contributed by atoms with Gasteiger partial charge in [0.05, 0.1) is 13.3 Å². The smallest absolute Gasteiger partial charge is 0.327 e. The molecule has 1 aromatic heterocycles. The SMILES string of the molecule is COC(=O)[C@H](NCc1cn[nH]c1C)c1ccc2ccccc2c1. The van der Waals surface area contributed by atoms with E-state index in [0.29, 0.717) is 6.54 Å². The zero-order chi connectivity index (χ0) is 16.2. The Balaban J connectivity index is 1.88. The summed E-state index contributed by atoms with van der Waals surface area (Å²) in [6.07, 6.45) is 1.76. The second-order valence-corrected chi connectivity index (χ2v) is 5.46. The number of hydrogen-bond donors (Lipinski definition) is 2. The van der Waals surface area contributed by atoms with E-state index < -0.39 is 6.04 Å². The molecule has 0 aliphatic rings. The Morgan fingerprint density at radius 2 is 2.04 bits per heavy atom. The highest BCUT2D eigenvalue weighted by Crippen LogP contribution is 2.22. The van der Waals surface area contributed by atoms with Gasteiger partial charge in [-0.3, -0.25) is 10.4 Å². The second kappa shape index (κ2) is 6.62. The van der Waals surface area contributed by atoms with Gasteiger partial charge >= 0.3 is 5.97 Å². The van der Waals surface area contributed by atoms with Crippen molar-refractivity contribution in [2.75, 3.05) is 7.11 Å². The van der Waals surface area contributed by atoms with Crippen LogP contribution in [0.5, 0.6) is 0 Å². The number of nitrogens with zero attached hydrogens (tertiary/aromatic N) is 1. The molecule has 0 bridgehead atoms. The molecule has 3 aromatic rings. The summed E-state index contributed by atoms with van der Waals surface area (Å²) < 4.78 is 4.95. The molecule has 3 rings (SSSR count). The average Bonchev–Trinajstić information content (AvgIpc) is 2.99. The number of carbonyl (C=O) groups excluding carboxylic acids is 1. The van der Waals surface area contributed by atoms with E-state index in [1.54, 1.807) is 6.20 Å². The van der Waals surface area contributed by atoms with Gasteiger partial charge < -0.3 is 4.74 Å². The molecule has 0 amide bonds. The number of benzene rings is 2. The predicted molar refractivity (Wildman–Crippen MR) is 88.9 cm³/mol. The van der Waals surface area contributed by atoms with Gasteiger partial charge in [-0.15, -0.1) is 0 Å². The fourth-order valence-electron chi connectivity index (χ4n) is 2.61. The van der Waals surface area contributed by atoms with E-state index in [4.69, 9.17) is 4.74 Å². The van der Waals surface area contributed by atoms with E-state index >= 15 is 0 Å². The third-order valence-electron chi connectivity index (χ3n) is 3.97. The highest BCUT2D eigenvalue weighted by molar-refractivity contribution is 5.85. The lowest BCUT2D eigenvalue weighted by molar-refractivity contribution is -0.143. The van der Waals surface area contributed by atoms with E-state index in [-0.39, 0.29) is 5.97 Å². The zero-order valence-corrected chi connectivity index (χ0v) is 13.2. The largest absolute Gasteiger partial charge is 0.468 e. The fraction of sp³-hybridized carbons (Fsp3) is 0.222. The van der Waals surface area contributed by atoms with Gasteiger partial charge in [0.1, 0.15) is 6.04 Å². The number of rotatable bonds is 5. The van der Waals surface area contributed by atoms with E-state index in [0.717, 1.165) is 27.6 Å². The number of H-pyrrole nitrogens is 1. The Morgan fingerprint density at radius 3 is 2.74 bits per heavy atom. The van der Waals surface area contributed by atoms with Crippen LogP contribution in [0.3, 0.4) is 0 Å². The number of hydrogen-bond acceptors (Lipinski definition) is 4. The molecule has 5 heteroatoms. The van der Waals surface area contributed by atoms with Crippen LogP contribution < -0.4 is 5.32 Å². The Morgan fingerprint density at radius 1 is 1.26 bits per heavy atom. The van der Waals surface area contributed by atoms with Crippen molar-refractivity contribution in [2.45, 2.75) is 19.5 Å². The van der Waals surface area contributed by atoms with E-state index in [2.05, 4.69) is 21.6 Å². The fourth-order valence-corrected chi connectivity index (χ4v) is 2.61. The molecule has 1 atom stereocenters. The predicted octanol–water partition coefficient (Wildman–Crippen LogP) is 2.88. The molecule has 1 heterocycles. The van der Waals surface area contributed by atoms with Crippen molar-refractivity contribution in [1.82, 2.24) is 15.5 Å². The number of aromatic nitrogens is 2. The van der Waals surface area contributed by atoms with Crippen molar-refractivity contribution in [1.29, 1.82) is 0 Å². The highest BCUT2D eigenvalue weighted by Gasteiger charge is 2.21. The molecule has 23 heavy (non-hydrogen) atoms. The molecule has 118 valence electrons. The summed E-state index contributed by atoms with van der Waals surface area (Å²) in [7, 11) is 1.40. The van der Waals surface area contributed by atoms with Crippen LogP contribution >= 0.6 is 0 Å². The van der Waals surface area contributed by atoms with Crippen LogP contribution in [0.15, 0.2) is 48.7 Å². The minimum absolute atomic E-state index is 0.304. The summed E-state index contributed by atoms with van der Waals surface area (Å²) in [5.41, 5.74) is 2.90. The number of fused-ring (bicyclic) bond motifs is 1. The van der Waals surface area contributed by atoms with Crippen molar-refractivity contribution in [3.63, 3.8) is 0 Å². The first-order valence-electron chi connectivity index (χ1n) is 7.48. The molecule has 0 radical (unpaired) electrons. The Labute approximate surface area is 134 Å².